The van der Waals surface area contributed by atoms with Crippen LogP contribution in [-0.4, -0.2) is 65.5 Å². The molecule has 0 bridgehead atoms. The van der Waals surface area contributed by atoms with Crippen LogP contribution in [0.4, 0.5) is 4.39 Å². The number of carbonyl (C=O) groups excluding carboxylic acids is 2. The molecule has 0 spiro atoms. The Morgan fingerprint density at radius 3 is 2.25 bits per heavy atom. The molecular formula is C24H37Cl2FN2O3. The van der Waals surface area contributed by atoms with Crippen molar-refractivity contribution < 1.29 is 18.7 Å². The quantitative estimate of drug-likeness (QED) is 0.560. The molecule has 32 heavy (non-hydrogen) atoms. The van der Waals surface area contributed by atoms with E-state index in [-0.39, 0.29) is 37.0 Å². The molecule has 1 heterocycles. The third kappa shape index (κ3) is 6.29. The van der Waals surface area contributed by atoms with Crippen LogP contribution < -0.4 is 5.32 Å². The van der Waals surface area contributed by atoms with E-state index >= 15 is 0 Å². The molecule has 1 aliphatic heterocycles. The summed E-state index contributed by atoms with van der Waals surface area (Å²) in [7, 11) is 0. The van der Waals surface area contributed by atoms with Gasteiger partial charge in [0.25, 0.3) is 0 Å². The second kappa shape index (κ2) is 11.2. The molecule has 1 saturated heterocycles. The van der Waals surface area contributed by atoms with Crippen LogP contribution in [-0.2, 0) is 14.3 Å². The number of hydrogen-bond donors (Lipinski definition) is 1. The zero-order chi connectivity index (χ0) is 22.7. The number of alkyl halides is 3. The first kappa shape index (κ1) is 24.5. The Morgan fingerprint density at radius 1 is 0.906 bits per heavy atom. The molecule has 0 aromatic heterocycles. The van der Waals surface area contributed by atoms with E-state index in [2.05, 4.69) is 5.32 Å². The van der Waals surface area contributed by atoms with E-state index in [1.807, 2.05) is 4.90 Å². The van der Waals surface area contributed by atoms with Crippen molar-refractivity contribution in [2.24, 2.45) is 17.8 Å². The zero-order valence-electron chi connectivity index (χ0n) is 18.8. The maximum Gasteiger partial charge on any atom is 0.246 e. The van der Waals surface area contributed by atoms with Gasteiger partial charge < -0.3 is 15.0 Å². The van der Waals surface area contributed by atoms with Gasteiger partial charge >= 0.3 is 0 Å². The summed E-state index contributed by atoms with van der Waals surface area (Å²) >= 11 is 12.1. The van der Waals surface area contributed by atoms with Gasteiger partial charge in [0, 0.05) is 36.8 Å². The maximum absolute atomic E-state index is 13.7. The van der Waals surface area contributed by atoms with E-state index < -0.39 is 11.5 Å². The summed E-state index contributed by atoms with van der Waals surface area (Å²) in [5.41, 5.74) is 0. The summed E-state index contributed by atoms with van der Waals surface area (Å²) in [5.74, 6) is 1.64. The molecule has 8 heteroatoms. The fraction of sp³-hybridized carbons (Fsp3) is 0.917. The van der Waals surface area contributed by atoms with Gasteiger partial charge in [-0.05, 0) is 76.0 Å². The van der Waals surface area contributed by atoms with Crippen LogP contribution in [0.1, 0.15) is 70.6 Å². The van der Waals surface area contributed by atoms with E-state index in [9.17, 15) is 14.0 Å². The summed E-state index contributed by atoms with van der Waals surface area (Å²) in [6.45, 7) is 1.79. The van der Waals surface area contributed by atoms with Crippen molar-refractivity contribution >= 4 is 35.0 Å². The van der Waals surface area contributed by atoms with Crippen LogP contribution in [0.5, 0.6) is 0 Å². The molecule has 0 radical (unpaired) electrons. The van der Waals surface area contributed by atoms with Crippen molar-refractivity contribution in [3.8, 4) is 0 Å². The number of nitrogens with zero attached hydrogens (tertiary/aromatic N) is 1. The molecule has 3 saturated carbocycles. The average Bonchev–Trinajstić information content (AvgIpc) is 2.75. The van der Waals surface area contributed by atoms with E-state index in [1.54, 1.807) is 0 Å². The van der Waals surface area contributed by atoms with E-state index in [1.165, 1.54) is 12.8 Å². The van der Waals surface area contributed by atoms with Crippen molar-refractivity contribution in [2.45, 2.75) is 99.7 Å². The van der Waals surface area contributed by atoms with Gasteiger partial charge in [0.05, 0.1) is 11.5 Å². The number of nitrogens with one attached hydrogen (secondary N) is 1. The van der Waals surface area contributed by atoms with E-state index in [4.69, 9.17) is 27.9 Å². The highest BCUT2D eigenvalue weighted by Gasteiger charge is 2.40. The molecule has 1 N–H and O–H groups in total. The van der Waals surface area contributed by atoms with Gasteiger partial charge in [0.15, 0.2) is 0 Å². The van der Waals surface area contributed by atoms with Crippen molar-refractivity contribution in [1.29, 1.82) is 0 Å². The number of likely N-dealkylation sites (tertiary alicyclic amines) is 1. The standard InChI is InChI=1S/C24H37Cl2FN2O3/c25-18-5-1-15(2-6-18)17-12-29(13-17)24(31)16-3-7-19(8-4-16)28-23(30)14-32-20-9-10-21(26)22(27)11-20/h15-22H,1-14H2,(H,28,30). The smallest absolute Gasteiger partial charge is 0.246 e. The highest BCUT2D eigenvalue weighted by atomic mass is 35.5. The first-order chi connectivity index (χ1) is 15.4. The van der Waals surface area contributed by atoms with Gasteiger partial charge in [0.1, 0.15) is 12.8 Å². The van der Waals surface area contributed by atoms with Crippen molar-refractivity contribution in [2.75, 3.05) is 19.7 Å². The van der Waals surface area contributed by atoms with Crippen molar-refractivity contribution in [1.82, 2.24) is 10.2 Å². The molecule has 182 valence electrons. The Kier molecular flexibility index (Phi) is 8.60. The van der Waals surface area contributed by atoms with Crippen LogP contribution in [0.3, 0.4) is 0 Å². The number of ether oxygens (including phenoxy) is 1. The summed E-state index contributed by atoms with van der Waals surface area (Å²) < 4.78 is 19.3. The minimum absolute atomic E-state index is 0.0377. The monoisotopic (exact) mass is 490 g/mol. The second-order valence-electron chi connectivity index (χ2n) is 10.4. The second-order valence-corrected chi connectivity index (χ2v) is 11.6. The summed E-state index contributed by atoms with van der Waals surface area (Å²) in [6.07, 6.45) is 8.18. The lowest BCUT2D eigenvalue weighted by molar-refractivity contribution is -0.145. The molecule has 3 atom stereocenters. The zero-order valence-corrected chi connectivity index (χ0v) is 20.3. The normalized spacial score (nSPS) is 38.7. The highest BCUT2D eigenvalue weighted by Crippen LogP contribution is 2.38. The number of halogens is 3. The van der Waals surface area contributed by atoms with Crippen LogP contribution in [0.15, 0.2) is 0 Å². The predicted octanol–water partition coefficient (Wildman–Crippen LogP) is 4.43. The third-order valence-corrected chi connectivity index (χ3v) is 9.05. The molecule has 3 unspecified atom stereocenters. The van der Waals surface area contributed by atoms with Gasteiger partial charge in [-0.25, -0.2) is 4.39 Å². The van der Waals surface area contributed by atoms with Gasteiger partial charge in [-0.1, -0.05) is 0 Å². The van der Waals surface area contributed by atoms with Gasteiger partial charge in [-0.2, -0.15) is 0 Å². The van der Waals surface area contributed by atoms with Crippen molar-refractivity contribution in [3.05, 3.63) is 0 Å². The highest BCUT2D eigenvalue weighted by molar-refractivity contribution is 6.21. The SMILES string of the molecule is O=C(COC1CCC(Cl)C(F)C1)NC1CCC(C(=O)N2CC(C3CCC(Cl)CC3)C2)CC1. The lowest BCUT2D eigenvalue weighted by atomic mass is 9.75. The molecule has 4 rings (SSSR count). The Morgan fingerprint density at radius 2 is 1.59 bits per heavy atom. The summed E-state index contributed by atoms with van der Waals surface area (Å²) in [6, 6.07) is 0.0949. The molecule has 2 amide bonds. The topological polar surface area (TPSA) is 58.6 Å². The van der Waals surface area contributed by atoms with Crippen LogP contribution in [0, 0.1) is 17.8 Å². The first-order valence-corrected chi connectivity index (χ1v) is 13.4. The van der Waals surface area contributed by atoms with E-state index in [0.29, 0.717) is 30.0 Å². The number of hydrogen-bond acceptors (Lipinski definition) is 3. The summed E-state index contributed by atoms with van der Waals surface area (Å²) in [5, 5.41) is 2.94. The molecule has 0 aromatic rings. The molecule has 5 nitrogen and oxygen atoms in total. The first-order valence-electron chi connectivity index (χ1n) is 12.5. The summed E-state index contributed by atoms with van der Waals surface area (Å²) in [4.78, 5) is 27.2. The number of rotatable bonds is 6. The molecule has 0 aromatic carbocycles. The van der Waals surface area contributed by atoms with Gasteiger partial charge in [-0.15, -0.1) is 23.2 Å². The van der Waals surface area contributed by atoms with Gasteiger partial charge in [0.2, 0.25) is 11.8 Å². The fourth-order valence-electron chi connectivity index (χ4n) is 5.94. The Bertz CT molecular complexity index is 647. The number of amides is 2. The molecule has 4 aliphatic rings. The molecule has 4 fully saturated rings. The van der Waals surface area contributed by atoms with Crippen LogP contribution in [0.2, 0.25) is 0 Å². The minimum Gasteiger partial charge on any atom is -0.368 e. The maximum atomic E-state index is 13.7. The average molecular weight is 491 g/mol. The van der Waals surface area contributed by atoms with Crippen LogP contribution in [0.25, 0.3) is 0 Å². The Labute approximate surface area is 201 Å². The van der Waals surface area contributed by atoms with Crippen molar-refractivity contribution in [3.63, 3.8) is 0 Å². The van der Waals surface area contributed by atoms with Crippen LogP contribution >= 0.6 is 23.2 Å². The molecule has 3 aliphatic carbocycles. The molecular weight excluding hydrogens is 454 g/mol. The lowest BCUT2D eigenvalue weighted by Gasteiger charge is -2.46. The minimum atomic E-state index is -1.06. The van der Waals surface area contributed by atoms with Gasteiger partial charge in [-0.3, -0.25) is 9.59 Å². The number of carbonyl (C=O) groups is 2. The Balaban J connectivity index is 1.10. The van der Waals surface area contributed by atoms with E-state index in [0.717, 1.165) is 57.5 Å². The largest absolute Gasteiger partial charge is 0.368 e. The fourth-order valence-corrected chi connectivity index (χ4v) is 6.42. The Hall–Kier alpha value is -0.590. The lowest BCUT2D eigenvalue weighted by Crippen LogP contribution is -2.55. The predicted molar refractivity (Wildman–Crippen MR) is 124 cm³/mol. The third-order valence-electron chi connectivity index (χ3n) is 8.13.